The van der Waals surface area contributed by atoms with Crippen LogP contribution in [0.2, 0.25) is 0 Å². The van der Waals surface area contributed by atoms with Gasteiger partial charge in [0.2, 0.25) is 5.95 Å². The predicted molar refractivity (Wildman–Crippen MR) is 128 cm³/mol. The second-order valence-corrected chi connectivity index (χ2v) is 8.40. The monoisotopic (exact) mass is 457 g/mol. The SMILES string of the molecule is C=CCn1c(=O)c2cnc(Nc3ccc4oc(C)nc4c3)nc2n1-c1cccc(C(C)(C)O)n1. The minimum atomic E-state index is -1.15. The van der Waals surface area contributed by atoms with Crippen LogP contribution in [0, 0.1) is 6.92 Å². The van der Waals surface area contributed by atoms with Crippen LogP contribution >= 0.6 is 0 Å². The fraction of sp³-hybridized carbons (Fsp3) is 0.208. The number of benzene rings is 1. The fourth-order valence-electron chi connectivity index (χ4n) is 3.74. The first-order valence-corrected chi connectivity index (χ1v) is 10.7. The molecule has 34 heavy (non-hydrogen) atoms. The molecule has 0 fully saturated rings. The number of allylic oxidation sites excluding steroid dienone is 1. The van der Waals surface area contributed by atoms with E-state index >= 15 is 0 Å². The number of anilines is 2. The number of aliphatic hydroxyl groups is 1. The number of hydrogen-bond acceptors (Lipinski definition) is 8. The van der Waals surface area contributed by atoms with Crippen molar-refractivity contribution < 1.29 is 9.52 Å². The van der Waals surface area contributed by atoms with Gasteiger partial charge in [0.1, 0.15) is 16.5 Å². The second-order valence-electron chi connectivity index (χ2n) is 8.40. The fourth-order valence-corrected chi connectivity index (χ4v) is 3.74. The zero-order valence-electron chi connectivity index (χ0n) is 19.0. The van der Waals surface area contributed by atoms with E-state index in [0.29, 0.717) is 45.5 Å². The van der Waals surface area contributed by atoms with Crippen molar-refractivity contribution in [1.29, 1.82) is 0 Å². The van der Waals surface area contributed by atoms with Crippen LogP contribution in [0.4, 0.5) is 11.6 Å². The molecule has 5 rings (SSSR count). The van der Waals surface area contributed by atoms with Gasteiger partial charge in [0.05, 0.1) is 12.2 Å². The van der Waals surface area contributed by atoms with Gasteiger partial charge in [0.25, 0.3) is 5.56 Å². The number of nitrogens with one attached hydrogen (secondary N) is 1. The van der Waals surface area contributed by atoms with Gasteiger partial charge in [-0.3, -0.25) is 4.79 Å². The molecule has 0 saturated carbocycles. The Morgan fingerprint density at radius 2 is 2.03 bits per heavy atom. The van der Waals surface area contributed by atoms with Crippen LogP contribution in [0.1, 0.15) is 25.4 Å². The van der Waals surface area contributed by atoms with E-state index in [-0.39, 0.29) is 12.1 Å². The van der Waals surface area contributed by atoms with Gasteiger partial charge in [-0.05, 0) is 44.2 Å². The Morgan fingerprint density at radius 1 is 1.21 bits per heavy atom. The molecule has 4 heterocycles. The Hall–Kier alpha value is -4.31. The molecule has 5 aromatic rings. The predicted octanol–water partition coefficient (Wildman–Crippen LogP) is 3.58. The Labute approximate surface area is 194 Å². The van der Waals surface area contributed by atoms with Gasteiger partial charge in [-0.15, -0.1) is 6.58 Å². The molecule has 0 aliphatic heterocycles. The Bertz CT molecular complexity index is 1600. The molecule has 0 unspecified atom stereocenters. The zero-order chi connectivity index (χ0) is 24.0. The van der Waals surface area contributed by atoms with Gasteiger partial charge < -0.3 is 14.8 Å². The Balaban J connectivity index is 1.65. The summed E-state index contributed by atoms with van der Waals surface area (Å²) >= 11 is 0. The Kier molecular flexibility index (Phi) is 5.02. The summed E-state index contributed by atoms with van der Waals surface area (Å²) in [7, 11) is 0. The van der Waals surface area contributed by atoms with Crippen LogP contribution in [-0.2, 0) is 12.1 Å². The lowest BCUT2D eigenvalue weighted by atomic mass is 10.1. The van der Waals surface area contributed by atoms with Crippen molar-refractivity contribution in [3.8, 4) is 5.82 Å². The third-order valence-electron chi connectivity index (χ3n) is 5.31. The minimum absolute atomic E-state index is 0.245. The van der Waals surface area contributed by atoms with E-state index in [4.69, 9.17) is 4.42 Å². The average molecular weight is 457 g/mol. The van der Waals surface area contributed by atoms with Crippen LogP contribution in [0.25, 0.3) is 28.0 Å². The van der Waals surface area contributed by atoms with E-state index in [1.807, 2.05) is 18.2 Å². The van der Waals surface area contributed by atoms with Crippen molar-refractivity contribution in [3.63, 3.8) is 0 Å². The first kappa shape index (κ1) is 21.5. The lowest BCUT2D eigenvalue weighted by molar-refractivity contribution is 0.0738. The summed E-state index contributed by atoms with van der Waals surface area (Å²) in [5.74, 6) is 1.33. The summed E-state index contributed by atoms with van der Waals surface area (Å²) in [5.41, 5.74) is 1.55. The summed E-state index contributed by atoms with van der Waals surface area (Å²) in [4.78, 5) is 31.0. The van der Waals surface area contributed by atoms with E-state index in [0.717, 1.165) is 5.69 Å². The molecule has 2 N–H and O–H groups in total. The van der Waals surface area contributed by atoms with E-state index in [1.165, 1.54) is 10.9 Å². The molecule has 10 nitrogen and oxygen atoms in total. The van der Waals surface area contributed by atoms with Crippen LogP contribution in [0.15, 0.2) is 64.5 Å². The molecule has 0 bridgehead atoms. The standard InChI is InChI=1S/C24H23N7O3/c1-5-11-30-22(32)16-13-25-23(27-15-9-10-18-17(12-15)26-14(2)34-18)29-21(16)31(30)20-8-6-7-19(28-20)24(3,4)33/h5-10,12-13,33H,1,11H2,2-4H3,(H,25,27,29). The third kappa shape index (κ3) is 3.73. The summed E-state index contributed by atoms with van der Waals surface area (Å²) in [6.07, 6.45) is 3.11. The number of fused-ring (bicyclic) bond motifs is 2. The van der Waals surface area contributed by atoms with Crippen LogP contribution in [0.3, 0.4) is 0 Å². The van der Waals surface area contributed by atoms with Crippen LogP contribution in [0.5, 0.6) is 0 Å². The van der Waals surface area contributed by atoms with Crippen LogP contribution in [-0.4, -0.2) is 34.4 Å². The minimum Gasteiger partial charge on any atom is -0.441 e. The molecule has 4 aromatic heterocycles. The quantitative estimate of drug-likeness (QED) is 0.371. The largest absolute Gasteiger partial charge is 0.441 e. The van der Waals surface area contributed by atoms with Crippen molar-refractivity contribution in [2.45, 2.75) is 32.9 Å². The molecule has 1 aromatic carbocycles. The highest BCUT2D eigenvalue weighted by Gasteiger charge is 2.21. The highest BCUT2D eigenvalue weighted by molar-refractivity contribution is 5.80. The van der Waals surface area contributed by atoms with Gasteiger partial charge >= 0.3 is 0 Å². The number of oxazole rings is 1. The van der Waals surface area contributed by atoms with E-state index in [2.05, 4.69) is 31.8 Å². The van der Waals surface area contributed by atoms with Gasteiger partial charge in [-0.2, -0.15) is 4.98 Å². The molecule has 10 heteroatoms. The summed E-state index contributed by atoms with van der Waals surface area (Å²) in [6, 6.07) is 10.8. The smallest absolute Gasteiger partial charge is 0.278 e. The highest BCUT2D eigenvalue weighted by atomic mass is 16.3. The van der Waals surface area contributed by atoms with Crippen LogP contribution < -0.4 is 10.9 Å². The lowest BCUT2D eigenvalue weighted by Gasteiger charge is -2.18. The normalized spacial score (nSPS) is 11.9. The zero-order valence-corrected chi connectivity index (χ0v) is 19.0. The summed E-state index contributed by atoms with van der Waals surface area (Å²) in [6.45, 7) is 9.11. The topological polar surface area (TPSA) is 124 Å². The first-order valence-electron chi connectivity index (χ1n) is 10.7. The highest BCUT2D eigenvalue weighted by Crippen LogP contribution is 2.24. The number of nitrogens with zero attached hydrogens (tertiary/aromatic N) is 6. The van der Waals surface area contributed by atoms with Crippen molar-refractivity contribution >= 4 is 33.8 Å². The molecule has 0 aliphatic rings. The second kappa shape index (κ2) is 7.92. The molecule has 0 spiro atoms. The van der Waals surface area contributed by atoms with E-state index < -0.39 is 5.60 Å². The van der Waals surface area contributed by atoms with E-state index in [1.54, 1.807) is 49.7 Å². The number of aryl methyl sites for hydroxylation is 1. The molecule has 0 aliphatic carbocycles. The van der Waals surface area contributed by atoms with E-state index in [9.17, 15) is 9.90 Å². The molecular formula is C24H23N7O3. The maximum absolute atomic E-state index is 13.1. The van der Waals surface area contributed by atoms with Gasteiger partial charge in [0, 0.05) is 18.8 Å². The number of rotatable bonds is 6. The summed E-state index contributed by atoms with van der Waals surface area (Å²) in [5, 5.41) is 13.9. The number of pyridine rings is 1. The van der Waals surface area contributed by atoms with Gasteiger partial charge in [-0.1, -0.05) is 12.1 Å². The van der Waals surface area contributed by atoms with Crippen molar-refractivity contribution in [2.75, 3.05) is 5.32 Å². The molecule has 172 valence electrons. The average Bonchev–Trinajstić information content (AvgIpc) is 3.29. The lowest BCUT2D eigenvalue weighted by Crippen LogP contribution is -2.23. The summed E-state index contributed by atoms with van der Waals surface area (Å²) < 4.78 is 8.62. The Morgan fingerprint density at radius 3 is 2.79 bits per heavy atom. The molecule has 0 amide bonds. The van der Waals surface area contributed by atoms with Gasteiger partial charge in [0.15, 0.2) is 22.9 Å². The maximum atomic E-state index is 13.1. The third-order valence-corrected chi connectivity index (χ3v) is 5.31. The number of aromatic nitrogens is 6. The van der Waals surface area contributed by atoms with Crippen molar-refractivity contribution in [1.82, 2.24) is 29.3 Å². The maximum Gasteiger partial charge on any atom is 0.278 e. The molecule has 0 radical (unpaired) electrons. The molecule has 0 saturated heterocycles. The van der Waals surface area contributed by atoms with Gasteiger partial charge in [-0.25, -0.2) is 24.3 Å². The van der Waals surface area contributed by atoms with Crippen molar-refractivity contribution in [3.05, 3.63) is 77.2 Å². The van der Waals surface area contributed by atoms with Crippen molar-refractivity contribution in [2.24, 2.45) is 0 Å². The first-order chi connectivity index (χ1) is 16.2. The molecule has 0 atom stereocenters. The molecular weight excluding hydrogens is 434 g/mol. The number of hydrogen-bond donors (Lipinski definition) is 2.